The van der Waals surface area contributed by atoms with Gasteiger partial charge in [0.1, 0.15) is 5.54 Å². The largest absolute Gasteiger partial charge is 0.480 e. The van der Waals surface area contributed by atoms with E-state index in [-0.39, 0.29) is 0 Å². The van der Waals surface area contributed by atoms with Gasteiger partial charge in [-0.05, 0) is 33.2 Å². The molecule has 3 heteroatoms. The summed E-state index contributed by atoms with van der Waals surface area (Å²) >= 11 is 0. The van der Waals surface area contributed by atoms with E-state index < -0.39 is 11.5 Å². The standard InChI is InChI=1S/C12H25NO2/c1-6-9-12(4,11(14)15)13(5)10(7-2)8-3/h10H,6-9H2,1-5H3,(H,14,15). The Morgan fingerprint density at radius 2 is 1.80 bits per heavy atom. The van der Waals surface area contributed by atoms with Crippen LogP contribution >= 0.6 is 0 Å². The number of carboxylic acids is 1. The molecule has 0 aromatic rings. The van der Waals surface area contributed by atoms with E-state index in [0.717, 1.165) is 19.3 Å². The summed E-state index contributed by atoms with van der Waals surface area (Å²) in [5.41, 5.74) is -0.717. The van der Waals surface area contributed by atoms with E-state index in [4.69, 9.17) is 0 Å². The second-order valence-corrected chi connectivity index (χ2v) is 4.41. The molecule has 0 spiro atoms. The molecule has 0 rings (SSSR count). The molecule has 0 saturated carbocycles. The van der Waals surface area contributed by atoms with Crippen LogP contribution in [0, 0.1) is 0 Å². The van der Waals surface area contributed by atoms with Crippen LogP contribution in [0.5, 0.6) is 0 Å². The zero-order valence-corrected chi connectivity index (χ0v) is 10.7. The molecular weight excluding hydrogens is 190 g/mol. The minimum Gasteiger partial charge on any atom is -0.480 e. The highest BCUT2D eigenvalue weighted by Gasteiger charge is 2.38. The number of hydrogen-bond donors (Lipinski definition) is 1. The maximum absolute atomic E-state index is 11.3. The molecule has 0 aromatic carbocycles. The van der Waals surface area contributed by atoms with Gasteiger partial charge in [-0.3, -0.25) is 9.69 Å². The summed E-state index contributed by atoms with van der Waals surface area (Å²) in [6.07, 6.45) is 3.60. The van der Waals surface area contributed by atoms with Crippen molar-refractivity contribution in [1.29, 1.82) is 0 Å². The first kappa shape index (κ1) is 14.4. The fourth-order valence-electron chi connectivity index (χ4n) is 2.16. The normalized spacial score (nSPS) is 15.7. The van der Waals surface area contributed by atoms with E-state index >= 15 is 0 Å². The Morgan fingerprint density at radius 3 is 2.07 bits per heavy atom. The number of carboxylic acid groups (broad SMARTS) is 1. The van der Waals surface area contributed by atoms with Gasteiger partial charge in [0.05, 0.1) is 0 Å². The number of likely N-dealkylation sites (N-methyl/N-ethyl adjacent to an activating group) is 1. The zero-order valence-electron chi connectivity index (χ0n) is 10.7. The minimum atomic E-state index is -0.717. The Balaban J connectivity index is 4.82. The molecule has 0 heterocycles. The van der Waals surface area contributed by atoms with Crippen molar-refractivity contribution in [2.75, 3.05) is 7.05 Å². The van der Waals surface area contributed by atoms with Crippen molar-refractivity contribution in [3.8, 4) is 0 Å². The summed E-state index contributed by atoms with van der Waals surface area (Å²) in [5.74, 6) is -0.709. The Bertz CT molecular complexity index is 202. The smallest absolute Gasteiger partial charge is 0.323 e. The van der Waals surface area contributed by atoms with Crippen LogP contribution in [0.3, 0.4) is 0 Å². The molecule has 0 radical (unpaired) electrons. The molecule has 0 amide bonds. The lowest BCUT2D eigenvalue weighted by atomic mass is 9.91. The summed E-state index contributed by atoms with van der Waals surface area (Å²) < 4.78 is 0. The van der Waals surface area contributed by atoms with Gasteiger partial charge in [0, 0.05) is 6.04 Å². The summed E-state index contributed by atoms with van der Waals surface area (Å²) in [4.78, 5) is 13.4. The van der Waals surface area contributed by atoms with Crippen LogP contribution in [0.1, 0.15) is 53.4 Å². The Labute approximate surface area is 93.5 Å². The van der Waals surface area contributed by atoms with Crippen LogP contribution in [0.2, 0.25) is 0 Å². The molecule has 1 atom stereocenters. The summed E-state index contributed by atoms with van der Waals surface area (Å²) in [7, 11) is 1.93. The molecule has 0 saturated heterocycles. The molecule has 0 aliphatic rings. The third kappa shape index (κ3) is 3.20. The first-order valence-electron chi connectivity index (χ1n) is 5.90. The Morgan fingerprint density at radius 1 is 1.33 bits per heavy atom. The third-order valence-corrected chi connectivity index (χ3v) is 3.47. The van der Waals surface area contributed by atoms with Gasteiger partial charge in [-0.25, -0.2) is 0 Å². The molecule has 3 nitrogen and oxygen atoms in total. The summed E-state index contributed by atoms with van der Waals surface area (Å²) in [6, 6.07) is 0.359. The number of rotatable bonds is 7. The molecule has 0 aliphatic carbocycles. The van der Waals surface area contributed by atoms with Gasteiger partial charge in [0.2, 0.25) is 0 Å². The number of hydrogen-bond acceptors (Lipinski definition) is 2. The topological polar surface area (TPSA) is 40.5 Å². The summed E-state index contributed by atoms with van der Waals surface area (Å²) in [6.45, 7) is 8.08. The molecule has 1 N–H and O–H groups in total. The third-order valence-electron chi connectivity index (χ3n) is 3.47. The lowest BCUT2D eigenvalue weighted by Crippen LogP contribution is -2.54. The average Bonchev–Trinajstić information content (AvgIpc) is 2.19. The van der Waals surface area contributed by atoms with E-state index in [1.165, 1.54) is 0 Å². The van der Waals surface area contributed by atoms with Crippen molar-refractivity contribution in [3.05, 3.63) is 0 Å². The second kappa shape index (κ2) is 6.11. The molecule has 0 bridgehead atoms. The van der Waals surface area contributed by atoms with E-state index in [9.17, 15) is 9.90 Å². The van der Waals surface area contributed by atoms with Crippen LogP contribution in [0.25, 0.3) is 0 Å². The van der Waals surface area contributed by atoms with Crippen LogP contribution < -0.4 is 0 Å². The van der Waals surface area contributed by atoms with Gasteiger partial charge in [-0.2, -0.15) is 0 Å². The van der Waals surface area contributed by atoms with E-state index in [0.29, 0.717) is 12.5 Å². The monoisotopic (exact) mass is 215 g/mol. The van der Waals surface area contributed by atoms with Crippen molar-refractivity contribution < 1.29 is 9.90 Å². The van der Waals surface area contributed by atoms with Crippen molar-refractivity contribution in [2.24, 2.45) is 0 Å². The zero-order chi connectivity index (χ0) is 12.1. The lowest BCUT2D eigenvalue weighted by molar-refractivity contribution is -0.152. The fraction of sp³-hybridized carbons (Fsp3) is 0.917. The van der Waals surface area contributed by atoms with Crippen molar-refractivity contribution in [2.45, 2.75) is 65.0 Å². The number of carbonyl (C=O) groups is 1. The Hall–Kier alpha value is -0.570. The van der Waals surface area contributed by atoms with Crippen molar-refractivity contribution in [3.63, 3.8) is 0 Å². The van der Waals surface area contributed by atoms with E-state index in [2.05, 4.69) is 13.8 Å². The maximum atomic E-state index is 11.3. The van der Waals surface area contributed by atoms with Crippen LogP contribution in [-0.2, 0) is 4.79 Å². The first-order chi connectivity index (χ1) is 6.93. The van der Waals surface area contributed by atoms with Gasteiger partial charge in [0.15, 0.2) is 0 Å². The molecule has 0 aliphatic heterocycles. The summed E-state index contributed by atoms with van der Waals surface area (Å²) in [5, 5.41) is 9.33. The quantitative estimate of drug-likeness (QED) is 0.710. The van der Waals surface area contributed by atoms with Crippen molar-refractivity contribution in [1.82, 2.24) is 4.90 Å². The van der Waals surface area contributed by atoms with E-state index in [1.807, 2.05) is 25.8 Å². The molecule has 0 aromatic heterocycles. The predicted molar refractivity (Wildman–Crippen MR) is 63.1 cm³/mol. The second-order valence-electron chi connectivity index (χ2n) is 4.41. The fourth-order valence-corrected chi connectivity index (χ4v) is 2.16. The Kier molecular flexibility index (Phi) is 5.88. The minimum absolute atomic E-state index is 0.359. The maximum Gasteiger partial charge on any atom is 0.323 e. The van der Waals surface area contributed by atoms with Crippen LogP contribution in [0.15, 0.2) is 0 Å². The molecular formula is C12H25NO2. The number of aliphatic carboxylic acids is 1. The molecule has 90 valence electrons. The highest BCUT2D eigenvalue weighted by Crippen LogP contribution is 2.24. The average molecular weight is 215 g/mol. The molecule has 0 fully saturated rings. The van der Waals surface area contributed by atoms with Gasteiger partial charge >= 0.3 is 5.97 Å². The highest BCUT2D eigenvalue weighted by molar-refractivity contribution is 5.78. The first-order valence-corrected chi connectivity index (χ1v) is 5.90. The van der Waals surface area contributed by atoms with Gasteiger partial charge < -0.3 is 5.11 Å². The highest BCUT2D eigenvalue weighted by atomic mass is 16.4. The van der Waals surface area contributed by atoms with Gasteiger partial charge in [-0.15, -0.1) is 0 Å². The molecule has 1 unspecified atom stereocenters. The van der Waals surface area contributed by atoms with Gasteiger partial charge in [-0.1, -0.05) is 27.2 Å². The number of nitrogens with zero attached hydrogens (tertiary/aromatic N) is 1. The SMILES string of the molecule is CCCC(C)(C(=O)O)N(C)C(CC)CC. The van der Waals surface area contributed by atoms with E-state index in [1.54, 1.807) is 0 Å². The lowest BCUT2D eigenvalue weighted by Gasteiger charge is -2.40. The van der Waals surface area contributed by atoms with Gasteiger partial charge in [0.25, 0.3) is 0 Å². The molecule has 15 heavy (non-hydrogen) atoms. The van der Waals surface area contributed by atoms with Crippen LogP contribution in [0.4, 0.5) is 0 Å². The van der Waals surface area contributed by atoms with Crippen LogP contribution in [-0.4, -0.2) is 34.6 Å². The van der Waals surface area contributed by atoms with Crippen molar-refractivity contribution >= 4 is 5.97 Å². The predicted octanol–water partition coefficient (Wildman–Crippen LogP) is 2.75.